The lowest BCUT2D eigenvalue weighted by atomic mass is 10.2. The quantitative estimate of drug-likeness (QED) is 0.815. The van der Waals surface area contributed by atoms with Crippen LogP contribution in [0.1, 0.15) is 11.1 Å². The summed E-state index contributed by atoms with van der Waals surface area (Å²) in [6.45, 7) is 1.96. The molecule has 0 unspecified atom stereocenters. The van der Waals surface area contributed by atoms with Crippen LogP contribution in [0.3, 0.4) is 0 Å². The molecule has 0 aliphatic heterocycles. The predicted octanol–water partition coefficient (Wildman–Crippen LogP) is 4.56. The molecular formula is C14H9BrFNO. The minimum Gasteiger partial charge on any atom is -0.453 e. The average molecular weight is 306 g/mol. The molecule has 0 aliphatic carbocycles. The third-order valence-electron chi connectivity index (χ3n) is 2.37. The van der Waals surface area contributed by atoms with Crippen molar-refractivity contribution in [1.82, 2.24) is 0 Å². The molecule has 4 heteroatoms. The van der Waals surface area contributed by atoms with Gasteiger partial charge < -0.3 is 4.74 Å². The lowest BCUT2D eigenvalue weighted by Crippen LogP contribution is -1.90. The number of hydrogen-bond donors (Lipinski definition) is 0. The highest BCUT2D eigenvalue weighted by Gasteiger charge is 2.08. The number of halogens is 2. The van der Waals surface area contributed by atoms with E-state index >= 15 is 0 Å². The second-order valence-corrected chi connectivity index (χ2v) is 4.65. The van der Waals surface area contributed by atoms with Crippen molar-refractivity contribution in [2.24, 2.45) is 0 Å². The molecular weight excluding hydrogens is 297 g/mol. The standard InChI is InChI=1S/C14H9BrFNO/c1-9-2-4-13(11(15)6-9)18-14-5-3-10(8-17)7-12(14)16/h2-7H,1H3. The molecule has 2 rings (SSSR count). The van der Waals surface area contributed by atoms with Crippen molar-refractivity contribution in [2.45, 2.75) is 6.92 Å². The van der Waals surface area contributed by atoms with Gasteiger partial charge in [0.05, 0.1) is 16.1 Å². The topological polar surface area (TPSA) is 33.0 Å². The summed E-state index contributed by atoms with van der Waals surface area (Å²) in [5.41, 5.74) is 1.34. The van der Waals surface area contributed by atoms with Gasteiger partial charge in [-0.2, -0.15) is 5.26 Å². The lowest BCUT2D eigenvalue weighted by molar-refractivity contribution is 0.440. The molecule has 0 spiro atoms. The fourth-order valence-corrected chi connectivity index (χ4v) is 2.03. The van der Waals surface area contributed by atoms with Gasteiger partial charge in [-0.1, -0.05) is 6.07 Å². The Kier molecular flexibility index (Phi) is 3.63. The van der Waals surface area contributed by atoms with E-state index in [-0.39, 0.29) is 11.3 Å². The van der Waals surface area contributed by atoms with Gasteiger partial charge in [0, 0.05) is 0 Å². The molecule has 0 radical (unpaired) electrons. The van der Waals surface area contributed by atoms with Crippen molar-refractivity contribution in [3.8, 4) is 17.6 Å². The normalized spacial score (nSPS) is 9.89. The zero-order valence-electron chi connectivity index (χ0n) is 9.58. The van der Waals surface area contributed by atoms with Crippen LogP contribution >= 0.6 is 15.9 Å². The number of benzene rings is 2. The summed E-state index contributed by atoms with van der Waals surface area (Å²) < 4.78 is 19.9. The van der Waals surface area contributed by atoms with Gasteiger partial charge in [-0.05, 0) is 58.7 Å². The van der Waals surface area contributed by atoms with E-state index in [0.29, 0.717) is 5.75 Å². The van der Waals surface area contributed by atoms with Gasteiger partial charge in [0.1, 0.15) is 5.75 Å². The maximum absolute atomic E-state index is 13.6. The van der Waals surface area contributed by atoms with Crippen LogP contribution in [-0.4, -0.2) is 0 Å². The van der Waals surface area contributed by atoms with Crippen LogP contribution in [0.25, 0.3) is 0 Å². The first-order valence-corrected chi connectivity index (χ1v) is 6.03. The van der Waals surface area contributed by atoms with E-state index in [1.165, 1.54) is 12.1 Å². The number of ether oxygens (including phenoxy) is 1. The first-order valence-electron chi connectivity index (χ1n) is 5.24. The van der Waals surface area contributed by atoms with Gasteiger partial charge in [0.2, 0.25) is 0 Å². The predicted molar refractivity (Wildman–Crippen MR) is 70.1 cm³/mol. The number of rotatable bonds is 2. The number of nitriles is 1. The van der Waals surface area contributed by atoms with Gasteiger partial charge in [0.25, 0.3) is 0 Å². The van der Waals surface area contributed by atoms with Crippen molar-refractivity contribution in [3.63, 3.8) is 0 Å². The van der Waals surface area contributed by atoms with E-state index in [2.05, 4.69) is 15.9 Å². The highest BCUT2D eigenvalue weighted by Crippen LogP contribution is 2.31. The molecule has 0 atom stereocenters. The van der Waals surface area contributed by atoms with Crippen LogP contribution in [0.2, 0.25) is 0 Å². The maximum Gasteiger partial charge on any atom is 0.167 e. The summed E-state index contributed by atoms with van der Waals surface area (Å²) >= 11 is 3.36. The molecule has 2 aromatic carbocycles. The van der Waals surface area contributed by atoms with Crippen molar-refractivity contribution < 1.29 is 9.13 Å². The van der Waals surface area contributed by atoms with Crippen molar-refractivity contribution in [2.75, 3.05) is 0 Å². The molecule has 90 valence electrons. The third-order valence-corrected chi connectivity index (χ3v) is 2.99. The minimum absolute atomic E-state index is 0.0959. The van der Waals surface area contributed by atoms with Crippen LogP contribution in [0, 0.1) is 24.1 Å². The zero-order valence-corrected chi connectivity index (χ0v) is 11.2. The number of aryl methyl sites for hydroxylation is 1. The summed E-state index contributed by atoms with van der Waals surface area (Å²) in [6, 6.07) is 11.5. The second-order valence-electron chi connectivity index (χ2n) is 3.79. The molecule has 0 fully saturated rings. The first kappa shape index (κ1) is 12.6. The van der Waals surface area contributed by atoms with Crippen molar-refractivity contribution >= 4 is 15.9 Å². The Morgan fingerprint density at radius 2 is 1.89 bits per heavy atom. The third kappa shape index (κ3) is 2.69. The molecule has 0 saturated heterocycles. The van der Waals surface area contributed by atoms with E-state index in [1.807, 2.05) is 25.1 Å². The Morgan fingerprint density at radius 1 is 1.17 bits per heavy atom. The Balaban J connectivity index is 2.32. The first-order chi connectivity index (χ1) is 8.60. The Labute approximate surface area is 113 Å². The van der Waals surface area contributed by atoms with E-state index in [9.17, 15) is 4.39 Å². The highest BCUT2D eigenvalue weighted by molar-refractivity contribution is 9.10. The van der Waals surface area contributed by atoms with Gasteiger partial charge in [-0.25, -0.2) is 4.39 Å². The molecule has 0 aliphatic rings. The van der Waals surface area contributed by atoms with Gasteiger partial charge in [-0.3, -0.25) is 0 Å². The van der Waals surface area contributed by atoms with E-state index in [0.717, 1.165) is 16.1 Å². The SMILES string of the molecule is Cc1ccc(Oc2ccc(C#N)cc2F)c(Br)c1. The van der Waals surface area contributed by atoms with Gasteiger partial charge in [-0.15, -0.1) is 0 Å². The molecule has 0 N–H and O–H groups in total. The van der Waals surface area contributed by atoms with Crippen LogP contribution in [0.4, 0.5) is 4.39 Å². The van der Waals surface area contributed by atoms with Gasteiger partial charge >= 0.3 is 0 Å². The average Bonchev–Trinajstić information content (AvgIpc) is 2.34. The van der Waals surface area contributed by atoms with Crippen LogP contribution < -0.4 is 4.74 Å². The number of hydrogen-bond acceptors (Lipinski definition) is 2. The summed E-state index contributed by atoms with van der Waals surface area (Å²) in [7, 11) is 0. The molecule has 2 nitrogen and oxygen atoms in total. The highest BCUT2D eigenvalue weighted by atomic mass is 79.9. The zero-order chi connectivity index (χ0) is 13.1. The minimum atomic E-state index is -0.554. The molecule has 0 saturated carbocycles. The molecule has 2 aromatic rings. The smallest absolute Gasteiger partial charge is 0.167 e. The summed E-state index contributed by atoms with van der Waals surface area (Å²) in [5, 5.41) is 8.65. The number of nitrogens with zero attached hydrogens (tertiary/aromatic N) is 1. The summed E-state index contributed by atoms with van der Waals surface area (Å²) in [5.74, 6) is 0.0734. The molecule has 0 amide bonds. The van der Waals surface area contributed by atoms with Gasteiger partial charge in [0.15, 0.2) is 11.6 Å². The molecule has 0 aromatic heterocycles. The van der Waals surface area contributed by atoms with Crippen molar-refractivity contribution in [3.05, 3.63) is 57.8 Å². The Bertz CT molecular complexity index is 634. The van der Waals surface area contributed by atoms with E-state index < -0.39 is 5.82 Å². The lowest BCUT2D eigenvalue weighted by Gasteiger charge is -2.09. The second kappa shape index (κ2) is 5.19. The summed E-state index contributed by atoms with van der Waals surface area (Å²) in [6.07, 6.45) is 0. The monoisotopic (exact) mass is 305 g/mol. The fourth-order valence-electron chi connectivity index (χ4n) is 1.46. The van der Waals surface area contributed by atoms with Crippen LogP contribution in [0.5, 0.6) is 11.5 Å². The van der Waals surface area contributed by atoms with E-state index in [4.69, 9.17) is 10.00 Å². The largest absolute Gasteiger partial charge is 0.453 e. The maximum atomic E-state index is 13.6. The fraction of sp³-hybridized carbons (Fsp3) is 0.0714. The molecule has 18 heavy (non-hydrogen) atoms. The molecule has 0 heterocycles. The van der Waals surface area contributed by atoms with Crippen LogP contribution in [0.15, 0.2) is 40.9 Å². The Hall–Kier alpha value is -1.86. The van der Waals surface area contributed by atoms with Crippen LogP contribution in [-0.2, 0) is 0 Å². The van der Waals surface area contributed by atoms with Crippen molar-refractivity contribution in [1.29, 1.82) is 5.26 Å². The molecule has 0 bridgehead atoms. The Morgan fingerprint density at radius 3 is 2.50 bits per heavy atom. The summed E-state index contributed by atoms with van der Waals surface area (Å²) in [4.78, 5) is 0. The van der Waals surface area contributed by atoms with E-state index in [1.54, 1.807) is 6.07 Å².